The van der Waals surface area contributed by atoms with Gasteiger partial charge < -0.3 is 19.9 Å². The summed E-state index contributed by atoms with van der Waals surface area (Å²) in [5.41, 5.74) is 4.14. The largest absolute Gasteiger partial charge is 0.489 e. The fourth-order valence-electron chi connectivity index (χ4n) is 2.80. The summed E-state index contributed by atoms with van der Waals surface area (Å²) in [6, 6.07) is 12.0. The molecule has 2 N–H and O–H groups in total. The fourth-order valence-corrected chi connectivity index (χ4v) is 2.80. The third-order valence-corrected chi connectivity index (χ3v) is 4.66. The highest BCUT2D eigenvalue weighted by Gasteiger charge is 2.12. The van der Waals surface area contributed by atoms with Gasteiger partial charge in [-0.05, 0) is 62.7 Å². The molecule has 7 heteroatoms. The summed E-state index contributed by atoms with van der Waals surface area (Å²) in [7, 11) is 1.57. The number of nitrogens with one attached hydrogen (secondary N) is 2. The van der Waals surface area contributed by atoms with Gasteiger partial charge in [-0.15, -0.1) is 0 Å². The van der Waals surface area contributed by atoms with Crippen LogP contribution in [0.4, 0.5) is 5.69 Å². The van der Waals surface area contributed by atoms with Crippen molar-refractivity contribution in [1.82, 2.24) is 10.5 Å². The van der Waals surface area contributed by atoms with Crippen LogP contribution in [0, 0.1) is 20.8 Å². The highest BCUT2D eigenvalue weighted by Crippen LogP contribution is 2.20. The van der Waals surface area contributed by atoms with Crippen molar-refractivity contribution in [2.45, 2.75) is 27.4 Å². The van der Waals surface area contributed by atoms with Crippen LogP contribution in [0.1, 0.15) is 43.3 Å². The lowest BCUT2D eigenvalue weighted by Gasteiger charge is -2.11. The van der Waals surface area contributed by atoms with Gasteiger partial charge in [-0.1, -0.05) is 11.2 Å². The molecule has 29 heavy (non-hydrogen) atoms. The molecule has 0 aliphatic rings. The molecule has 0 aliphatic carbocycles. The van der Waals surface area contributed by atoms with Crippen molar-refractivity contribution < 1.29 is 18.8 Å². The molecule has 3 aromatic rings. The zero-order valence-electron chi connectivity index (χ0n) is 16.8. The molecule has 0 saturated carbocycles. The van der Waals surface area contributed by atoms with Crippen LogP contribution in [0.25, 0.3) is 0 Å². The third kappa shape index (κ3) is 4.63. The molecule has 2 aromatic carbocycles. The van der Waals surface area contributed by atoms with Crippen molar-refractivity contribution in [2.75, 3.05) is 12.4 Å². The van der Waals surface area contributed by atoms with Gasteiger partial charge >= 0.3 is 0 Å². The molecule has 0 aliphatic heterocycles. The fraction of sp³-hybridized carbons (Fsp3) is 0.227. The number of rotatable bonds is 6. The molecule has 150 valence electrons. The van der Waals surface area contributed by atoms with Crippen LogP contribution >= 0.6 is 0 Å². The molecule has 2 amide bonds. The summed E-state index contributed by atoms with van der Waals surface area (Å²) in [6.07, 6.45) is 0. The first kappa shape index (κ1) is 20.1. The Labute approximate surface area is 169 Å². The quantitative estimate of drug-likeness (QED) is 0.665. The van der Waals surface area contributed by atoms with Crippen molar-refractivity contribution in [2.24, 2.45) is 0 Å². The number of benzene rings is 2. The number of nitrogens with zero attached hydrogens (tertiary/aromatic N) is 1. The average molecular weight is 393 g/mol. The second-order valence-electron chi connectivity index (χ2n) is 6.68. The third-order valence-electron chi connectivity index (χ3n) is 4.66. The zero-order chi connectivity index (χ0) is 21.0. The highest BCUT2D eigenvalue weighted by molar-refractivity contribution is 6.05. The van der Waals surface area contributed by atoms with Crippen molar-refractivity contribution >= 4 is 17.5 Å². The Hall–Kier alpha value is -3.61. The monoisotopic (exact) mass is 393 g/mol. The Morgan fingerprint density at radius 2 is 1.69 bits per heavy atom. The van der Waals surface area contributed by atoms with Crippen LogP contribution in [0.5, 0.6) is 5.75 Å². The lowest BCUT2D eigenvalue weighted by atomic mass is 10.1. The second-order valence-corrected chi connectivity index (χ2v) is 6.68. The number of amides is 2. The van der Waals surface area contributed by atoms with Gasteiger partial charge in [-0.25, -0.2) is 0 Å². The Morgan fingerprint density at radius 1 is 1.00 bits per heavy atom. The number of anilines is 1. The predicted molar refractivity (Wildman–Crippen MR) is 109 cm³/mol. The lowest BCUT2D eigenvalue weighted by Crippen LogP contribution is -2.19. The van der Waals surface area contributed by atoms with Crippen molar-refractivity contribution in [3.63, 3.8) is 0 Å². The molecule has 1 aromatic heterocycles. The maximum Gasteiger partial charge on any atom is 0.255 e. The van der Waals surface area contributed by atoms with Crippen LogP contribution < -0.4 is 15.4 Å². The van der Waals surface area contributed by atoms with Crippen LogP contribution in [0.15, 0.2) is 47.0 Å². The molecule has 0 radical (unpaired) electrons. The standard InChI is InChI=1S/C22H23N3O4/c1-13-5-6-17(21(26)23-4)11-20(13)24-22(27)16-7-9-18(10-8-16)28-12-19-14(2)25-29-15(19)3/h5-11H,12H2,1-4H3,(H,23,26)(H,24,27). The maximum absolute atomic E-state index is 12.6. The van der Waals surface area contributed by atoms with Crippen LogP contribution in [-0.2, 0) is 6.61 Å². The van der Waals surface area contributed by atoms with Gasteiger partial charge in [0.15, 0.2) is 0 Å². The molecular weight excluding hydrogens is 370 g/mol. The van der Waals surface area contributed by atoms with Crippen LogP contribution in [-0.4, -0.2) is 24.0 Å². The number of ether oxygens (including phenoxy) is 1. The first-order chi connectivity index (χ1) is 13.9. The summed E-state index contributed by atoms with van der Waals surface area (Å²) in [5, 5.41) is 9.33. The molecule has 1 heterocycles. The van der Waals surface area contributed by atoms with E-state index in [0.717, 1.165) is 22.6 Å². The van der Waals surface area contributed by atoms with E-state index in [4.69, 9.17) is 9.26 Å². The van der Waals surface area contributed by atoms with Gasteiger partial charge in [0.05, 0.1) is 11.3 Å². The minimum absolute atomic E-state index is 0.208. The number of carbonyl (C=O) groups excluding carboxylic acids is 2. The molecule has 0 unspecified atom stereocenters. The second kappa shape index (κ2) is 8.60. The van der Waals surface area contributed by atoms with Gasteiger partial charge in [0.25, 0.3) is 11.8 Å². The van der Waals surface area contributed by atoms with E-state index in [1.165, 1.54) is 0 Å². The van der Waals surface area contributed by atoms with E-state index in [1.54, 1.807) is 49.5 Å². The van der Waals surface area contributed by atoms with Crippen LogP contribution in [0.2, 0.25) is 0 Å². The number of hydrogen-bond donors (Lipinski definition) is 2. The number of aryl methyl sites for hydroxylation is 3. The molecule has 0 saturated heterocycles. The number of aromatic nitrogens is 1. The Bertz CT molecular complexity index is 1020. The topological polar surface area (TPSA) is 93.5 Å². The Kier molecular flexibility index (Phi) is 5.97. The number of carbonyl (C=O) groups is 2. The van der Waals surface area contributed by atoms with Crippen molar-refractivity contribution in [1.29, 1.82) is 0 Å². The van der Waals surface area contributed by atoms with E-state index < -0.39 is 0 Å². The van der Waals surface area contributed by atoms with E-state index in [0.29, 0.717) is 29.2 Å². The normalized spacial score (nSPS) is 10.5. The zero-order valence-corrected chi connectivity index (χ0v) is 16.8. The van der Waals surface area contributed by atoms with Gasteiger partial charge in [-0.3, -0.25) is 9.59 Å². The van der Waals surface area contributed by atoms with E-state index in [-0.39, 0.29) is 11.8 Å². The van der Waals surface area contributed by atoms with E-state index in [9.17, 15) is 9.59 Å². The molecule has 7 nitrogen and oxygen atoms in total. The molecule has 0 spiro atoms. The van der Waals surface area contributed by atoms with E-state index in [2.05, 4.69) is 15.8 Å². The molecule has 0 atom stereocenters. The van der Waals surface area contributed by atoms with Crippen molar-refractivity contribution in [3.8, 4) is 5.75 Å². The van der Waals surface area contributed by atoms with Gasteiger partial charge in [0.1, 0.15) is 18.1 Å². The smallest absolute Gasteiger partial charge is 0.255 e. The Morgan fingerprint density at radius 3 is 2.31 bits per heavy atom. The van der Waals surface area contributed by atoms with E-state index in [1.807, 2.05) is 20.8 Å². The summed E-state index contributed by atoms with van der Waals surface area (Å²) < 4.78 is 10.9. The van der Waals surface area contributed by atoms with Gasteiger partial charge in [-0.2, -0.15) is 0 Å². The summed E-state index contributed by atoms with van der Waals surface area (Å²) in [4.78, 5) is 24.4. The van der Waals surface area contributed by atoms with Crippen molar-refractivity contribution in [3.05, 3.63) is 76.2 Å². The number of hydrogen-bond acceptors (Lipinski definition) is 5. The Balaban J connectivity index is 1.67. The highest BCUT2D eigenvalue weighted by atomic mass is 16.5. The lowest BCUT2D eigenvalue weighted by molar-refractivity contribution is 0.0961. The molecular formula is C22H23N3O4. The molecule has 0 fully saturated rings. The molecule has 0 bridgehead atoms. The summed E-state index contributed by atoms with van der Waals surface area (Å²) in [5.74, 6) is 0.895. The summed E-state index contributed by atoms with van der Waals surface area (Å²) in [6.45, 7) is 5.92. The molecule has 3 rings (SSSR count). The maximum atomic E-state index is 12.6. The summed E-state index contributed by atoms with van der Waals surface area (Å²) >= 11 is 0. The SMILES string of the molecule is CNC(=O)c1ccc(C)c(NC(=O)c2ccc(OCc3c(C)noc3C)cc2)c1. The van der Waals surface area contributed by atoms with Gasteiger partial charge in [0.2, 0.25) is 0 Å². The minimum atomic E-state index is -0.264. The average Bonchev–Trinajstić information content (AvgIpc) is 3.05. The first-order valence-electron chi connectivity index (χ1n) is 9.17. The predicted octanol–water partition coefficient (Wildman–Crippen LogP) is 3.79. The van der Waals surface area contributed by atoms with Gasteiger partial charge in [0, 0.05) is 23.9 Å². The van der Waals surface area contributed by atoms with Crippen LogP contribution in [0.3, 0.4) is 0 Å². The first-order valence-corrected chi connectivity index (χ1v) is 9.17. The minimum Gasteiger partial charge on any atom is -0.489 e. The van der Waals surface area contributed by atoms with E-state index >= 15 is 0 Å².